The Kier molecular flexibility index (Phi) is 3.90. The molecule has 1 aliphatic heterocycles. The monoisotopic (exact) mass is 223 g/mol. The maximum Gasteiger partial charge on any atom is 0.0738 e. The average molecular weight is 223 g/mol. The van der Waals surface area contributed by atoms with Crippen LogP contribution in [0.15, 0.2) is 6.20 Å². The van der Waals surface area contributed by atoms with Gasteiger partial charge in [0.25, 0.3) is 0 Å². The summed E-state index contributed by atoms with van der Waals surface area (Å²) in [4.78, 5) is 2.48. The fourth-order valence-electron chi connectivity index (χ4n) is 2.26. The van der Waals surface area contributed by atoms with E-state index in [2.05, 4.69) is 27.5 Å². The van der Waals surface area contributed by atoms with Crippen molar-refractivity contribution < 1.29 is 0 Å². The quantitative estimate of drug-likeness (QED) is 0.802. The normalized spacial score (nSPS) is 22.5. The third kappa shape index (κ3) is 2.80. The maximum atomic E-state index is 3.96. The first-order chi connectivity index (χ1) is 7.79. The van der Waals surface area contributed by atoms with Crippen LogP contribution in [0.2, 0.25) is 0 Å². The Hall–Kier alpha value is -0.940. The second-order valence-electron chi connectivity index (χ2n) is 4.52. The van der Waals surface area contributed by atoms with Gasteiger partial charge in [0.15, 0.2) is 0 Å². The van der Waals surface area contributed by atoms with Crippen molar-refractivity contribution in [2.24, 2.45) is 7.05 Å². The molecule has 16 heavy (non-hydrogen) atoms. The first-order valence-electron chi connectivity index (χ1n) is 6.09. The lowest BCUT2D eigenvalue weighted by molar-refractivity contribution is 0.183. The predicted molar refractivity (Wildman–Crippen MR) is 63.0 cm³/mol. The number of nitrogens with zero attached hydrogens (tertiary/aromatic N) is 4. The molecule has 0 radical (unpaired) electrons. The van der Waals surface area contributed by atoms with Crippen LogP contribution in [0.4, 0.5) is 0 Å². The summed E-state index contributed by atoms with van der Waals surface area (Å²) < 4.78 is 1.86. The van der Waals surface area contributed by atoms with E-state index in [4.69, 9.17) is 0 Å². The molecule has 0 aliphatic carbocycles. The van der Waals surface area contributed by atoms with Crippen LogP contribution in [-0.2, 0) is 13.6 Å². The third-order valence-corrected chi connectivity index (χ3v) is 3.17. The molecule has 1 atom stereocenters. The largest absolute Gasteiger partial charge is 0.311 e. The number of hydrogen-bond acceptors (Lipinski definition) is 4. The van der Waals surface area contributed by atoms with E-state index in [1.54, 1.807) is 0 Å². The van der Waals surface area contributed by atoms with Gasteiger partial charge in [-0.1, -0.05) is 18.6 Å². The van der Waals surface area contributed by atoms with Crippen molar-refractivity contribution in [3.63, 3.8) is 0 Å². The summed E-state index contributed by atoms with van der Waals surface area (Å²) in [6.45, 7) is 6.55. The minimum atomic E-state index is 0.653. The molecule has 1 fully saturated rings. The molecule has 1 aromatic heterocycles. The first-order valence-corrected chi connectivity index (χ1v) is 6.09. The Labute approximate surface area is 96.8 Å². The van der Waals surface area contributed by atoms with Crippen LogP contribution in [0.3, 0.4) is 0 Å². The van der Waals surface area contributed by atoms with Crippen molar-refractivity contribution in [3.05, 3.63) is 11.9 Å². The van der Waals surface area contributed by atoms with Crippen LogP contribution in [0.5, 0.6) is 0 Å². The summed E-state index contributed by atoms with van der Waals surface area (Å²) >= 11 is 0. The molecule has 0 amide bonds. The highest BCUT2D eigenvalue weighted by molar-refractivity contribution is 4.94. The van der Waals surface area contributed by atoms with Crippen molar-refractivity contribution in [2.75, 3.05) is 19.6 Å². The molecule has 1 N–H and O–H groups in total. The fourth-order valence-corrected chi connectivity index (χ4v) is 2.26. The van der Waals surface area contributed by atoms with Crippen molar-refractivity contribution in [1.29, 1.82) is 0 Å². The molecule has 0 spiro atoms. The van der Waals surface area contributed by atoms with E-state index in [-0.39, 0.29) is 0 Å². The number of aromatic nitrogens is 3. The van der Waals surface area contributed by atoms with Gasteiger partial charge < -0.3 is 5.32 Å². The maximum absolute atomic E-state index is 3.96. The second-order valence-corrected chi connectivity index (χ2v) is 4.52. The van der Waals surface area contributed by atoms with Gasteiger partial charge in [-0.3, -0.25) is 9.58 Å². The molecule has 1 aromatic rings. The predicted octanol–water partition coefficient (Wildman–Crippen LogP) is 0.389. The van der Waals surface area contributed by atoms with E-state index in [0.717, 1.165) is 26.2 Å². The Balaban J connectivity index is 1.88. The van der Waals surface area contributed by atoms with Crippen LogP contribution < -0.4 is 5.32 Å². The van der Waals surface area contributed by atoms with Crippen molar-refractivity contribution >= 4 is 0 Å². The number of hydrogen-bond donors (Lipinski definition) is 1. The van der Waals surface area contributed by atoms with Gasteiger partial charge in [-0.15, -0.1) is 5.10 Å². The summed E-state index contributed by atoms with van der Waals surface area (Å²) in [5.74, 6) is 0. The zero-order chi connectivity index (χ0) is 11.4. The van der Waals surface area contributed by atoms with Gasteiger partial charge in [-0.2, -0.15) is 0 Å². The minimum absolute atomic E-state index is 0.653. The molecule has 0 bridgehead atoms. The van der Waals surface area contributed by atoms with Crippen molar-refractivity contribution in [2.45, 2.75) is 32.4 Å². The number of aryl methyl sites for hydroxylation is 1. The Morgan fingerprint density at radius 1 is 1.56 bits per heavy atom. The fraction of sp³-hybridized carbons (Fsp3) is 0.818. The Bertz CT molecular complexity index is 320. The first kappa shape index (κ1) is 11.5. The third-order valence-electron chi connectivity index (χ3n) is 3.17. The molecule has 0 aromatic carbocycles. The van der Waals surface area contributed by atoms with Crippen LogP contribution in [0.25, 0.3) is 0 Å². The van der Waals surface area contributed by atoms with Crippen molar-refractivity contribution in [3.8, 4) is 0 Å². The lowest BCUT2D eigenvalue weighted by Crippen LogP contribution is -2.50. The smallest absolute Gasteiger partial charge is 0.0738 e. The molecular formula is C11H21N5. The molecule has 5 heteroatoms. The van der Waals surface area contributed by atoms with Crippen LogP contribution >= 0.6 is 0 Å². The van der Waals surface area contributed by atoms with E-state index < -0.39 is 0 Å². The van der Waals surface area contributed by atoms with Crippen molar-refractivity contribution in [1.82, 2.24) is 25.2 Å². The van der Waals surface area contributed by atoms with E-state index in [9.17, 15) is 0 Å². The van der Waals surface area contributed by atoms with Gasteiger partial charge in [0, 0.05) is 39.3 Å². The summed E-state index contributed by atoms with van der Waals surface area (Å²) in [6.07, 6.45) is 4.37. The molecule has 5 nitrogen and oxygen atoms in total. The highest BCUT2D eigenvalue weighted by Crippen LogP contribution is 2.08. The van der Waals surface area contributed by atoms with E-state index >= 15 is 0 Å². The highest BCUT2D eigenvalue weighted by Gasteiger charge is 2.19. The lowest BCUT2D eigenvalue weighted by Gasteiger charge is -2.33. The van der Waals surface area contributed by atoms with E-state index in [1.807, 2.05) is 17.9 Å². The topological polar surface area (TPSA) is 46.0 Å². The summed E-state index contributed by atoms with van der Waals surface area (Å²) in [5.41, 5.74) is 1.19. The molecule has 1 unspecified atom stereocenters. The Morgan fingerprint density at radius 2 is 2.44 bits per heavy atom. The van der Waals surface area contributed by atoms with Gasteiger partial charge in [0.05, 0.1) is 11.9 Å². The molecule has 90 valence electrons. The van der Waals surface area contributed by atoms with E-state index in [1.165, 1.54) is 18.5 Å². The number of rotatable bonds is 4. The molecule has 1 saturated heterocycles. The minimum Gasteiger partial charge on any atom is -0.311 e. The van der Waals surface area contributed by atoms with Gasteiger partial charge in [0.1, 0.15) is 0 Å². The van der Waals surface area contributed by atoms with Gasteiger partial charge >= 0.3 is 0 Å². The second kappa shape index (κ2) is 5.41. The SMILES string of the molecule is CCCC1CN(Cc2cnnn2C)CCN1. The van der Waals surface area contributed by atoms with E-state index in [0.29, 0.717) is 6.04 Å². The van der Waals surface area contributed by atoms with Crippen LogP contribution in [0.1, 0.15) is 25.5 Å². The Morgan fingerprint density at radius 3 is 3.12 bits per heavy atom. The zero-order valence-electron chi connectivity index (χ0n) is 10.2. The zero-order valence-corrected chi connectivity index (χ0v) is 10.2. The molecule has 1 aliphatic rings. The van der Waals surface area contributed by atoms with Gasteiger partial charge in [-0.25, -0.2) is 0 Å². The van der Waals surface area contributed by atoms with Crippen LogP contribution in [0, 0.1) is 0 Å². The lowest BCUT2D eigenvalue weighted by atomic mass is 10.1. The van der Waals surface area contributed by atoms with Gasteiger partial charge in [-0.05, 0) is 6.42 Å². The summed E-state index contributed by atoms with van der Waals surface area (Å²) in [6, 6.07) is 0.653. The number of nitrogens with one attached hydrogen (secondary N) is 1. The van der Waals surface area contributed by atoms with Gasteiger partial charge in [0.2, 0.25) is 0 Å². The summed E-state index contributed by atoms with van der Waals surface area (Å²) in [7, 11) is 1.95. The average Bonchev–Trinajstić information content (AvgIpc) is 2.66. The molecule has 2 rings (SSSR count). The molecular weight excluding hydrogens is 202 g/mol. The highest BCUT2D eigenvalue weighted by atomic mass is 15.4. The molecule has 0 saturated carbocycles. The number of piperazine rings is 1. The van der Waals surface area contributed by atoms with Crippen LogP contribution in [-0.4, -0.2) is 45.6 Å². The summed E-state index contributed by atoms with van der Waals surface area (Å²) in [5, 5.41) is 11.4. The molecule has 2 heterocycles. The standard InChI is InChI=1S/C11H21N5/c1-3-4-10-8-16(6-5-12-10)9-11-7-13-14-15(11)2/h7,10,12H,3-6,8-9H2,1-2H3.